The van der Waals surface area contributed by atoms with Gasteiger partial charge >= 0.3 is 0 Å². The summed E-state index contributed by atoms with van der Waals surface area (Å²) in [4.78, 5) is 16.4. The highest BCUT2D eigenvalue weighted by atomic mass is 16.4. The molecule has 0 aliphatic carbocycles. The Morgan fingerprint density at radius 1 is 1.28 bits per heavy atom. The van der Waals surface area contributed by atoms with Crippen LogP contribution in [0.25, 0.3) is 11.3 Å². The van der Waals surface area contributed by atoms with E-state index in [-0.39, 0.29) is 11.3 Å². The van der Waals surface area contributed by atoms with Crippen molar-refractivity contribution in [3.05, 3.63) is 42.4 Å². The van der Waals surface area contributed by atoms with Crippen molar-refractivity contribution in [3.63, 3.8) is 0 Å². The molecule has 0 unspecified atom stereocenters. The standard InChI is InChI=1S/C20H27N3O2/c1-20(10-12-21-13-11-20)15-23-18(24)8-5-9-19-22-14-17(25-19)16-6-3-2-4-7-16/h2-4,6-7,14,21H,5,8-13,15H2,1H3,(H,23,24). The van der Waals surface area contributed by atoms with Gasteiger partial charge in [0.2, 0.25) is 5.91 Å². The quantitative estimate of drug-likeness (QED) is 0.812. The maximum Gasteiger partial charge on any atom is 0.220 e. The van der Waals surface area contributed by atoms with E-state index in [9.17, 15) is 4.79 Å². The highest BCUT2D eigenvalue weighted by Crippen LogP contribution is 2.26. The molecule has 134 valence electrons. The number of hydrogen-bond donors (Lipinski definition) is 2. The lowest BCUT2D eigenvalue weighted by Gasteiger charge is -2.34. The normalized spacial score (nSPS) is 16.5. The highest BCUT2D eigenvalue weighted by molar-refractivity contribution is 5.75. The average molecular weight is 341 g/mol. The molecule has 1 fully saturated rings. The van der Waals surface area contributed by atoms with Gasteiger partial charge in [0, 0.05) is 24.9 Å². The third-order valence-corrected chi connectivity index (χ3v) is 4.93. The molecule has 0 saturated carbocycles. The van der Waals surface area contributed by atoms with E-state index in [0.717, 1.165) is 50.2 Å². The fraction of sp³-hybridized carbons (Fsp3) is 0.500. The lowest BCUT2D eigenvalue weighted by Crippen LogP contribution is -2.42. The molecule has 5 heteroatoms. The van der Waals surface area contributed by atoms with Crippen LogP contribution in [0, 0.1) is 5.41 Å². The number of oxazole rings is 1. The Labute approximate surface area is 149 Å². The molecule has 3 rings (SSSR count). The van der Waals surface area contributed by atoms with Crippen LogP contribution in [0.2, 0.25) is 0 Å². The Hall–Kier alpha value is -2.14. The number of carbonyl (C=O) groups excluding carboxylic acids is 1. The number of benzene rings is 1. The average Bonchev–Trinajstić information content (AvgIpc) is 3.10. The van der Waals surface area contributed by atoms with Crippen LogP contribution >= 0.6 is 0 Å². The smallest absolute Gasteiger partial charge is 0.220 e. The lowest BCUT2D eigenvalue weighted by molar-refractivity contribution is -0.121. The van der Waals surface area contributed by atoms with Gasteiger partial charge in [-0.25, -0.2) is 4.98 Å². The van der Waals surface area contributed by atoms with Crippen LogP contribution in [0.15, 0.2) is 40.9 Å². The monoisotopic (exact) mass is 341 g/mol. The molecule has 1 aromatic carbocycles. The number of piperidine rings is 1. The van der Waals surface area contributed by atoms with Crippen LogP contribution < -0.4 is 10.6 Å². The summed E-state index contributed by atoms with van der Waals surface area (Å²) in [6, 6.07) is 9.93. The number of hydrogen-bond acceptors (Lipinski definition) is 4. The Morgan fingerprint density at radius 3 is 2.80 bits per heavy atom. The van der Waals surface area contributed by atoms with Gasteiger partial charge in [0.15, 0.2) is 11.7 Å². The van der Waals surface area contributed by atoms with Crippen molar-refractivity contribution in [1.29, 1.82) is 0 Å². The molecular formula is C20H27N3O2. The van der Waals surface area contributed by atoms with E-state index in [0.29, 0.717) is 18.7 Å². The third kappa shape index (κ3) is 5.16. The summed E-state index contributed by atoms with van der Waals surface area (Å²) in [5.74, 6) is 1.59. The third-order valence-electron chi connectivity index (χ3n) is 4.93. The molecule has 2 N–H and O–H groups in total. The minimum atomic E-state index is 0.120. The summed E-state index contributed by atoms with van der Waals surface area (Å²) in [6.45, 7) is 5.11. The van der Waals surface area contributed by atoms with Gasteiger partial charge in [-0.05, 0) is 37.8 Å². The summed E-state index contributed by atoms with van der Waals surface area (Å²) in [5, 5.41) is 6.46. The maximum absolute atomic E-state index is 12.1. The predicted octanol–water partition coefficient (Wildman–Crippen LogP) is 3.17. The van der Waals surface area contributed by atoms with E-state index in [1.807, 2.05) is 30.3 Å². The zero-order valence-electron chi connectivity index (χ0n) is 14.9. The minimum absolute atomic E-state index is 0.120. The van der Waals surface area contributed by atoms with E-state index >= 15 is 0 Å². The fourth-order valence-electron chi connectivity index (χ4n) is 3.17. The summed E-state index contributed by atoms with van der Waals surface area (Å²) in [5.41, 5.74) is 1.25. The zero-order chi connectivity index (χ0) is 17.5. The second-order valence-corrected chi connectivity index (χ2v) is 7.18. The number of rotatable bonds is 7. The largest absolute Gasteiger partial charge is 0.441 e. The molecule has 1 aliphatic rings. The van der Waals surface area contributed by atoms with Gasteiger partial charge in [0.1, 0.15) is 0 Å². The summed E-state index contributed by atoms with van der Waals surface area (Å²) < 4.78 is 5.77. The Kier molecular flexibility index (Phi) is 5.87. The van der Waals surface area contributed by atoms with E-state index in [4.69, 9.17) is 4.42 Å². The topological polar surface area (TPSA) is 67.2 Å². The minimum Gasteiger partial charge on any atom is -0.441 e. The van der Waals surface area contributed by atoms with Crippen LogP contribution in [-0.2, 0) is 11.2 Å². The predicted molar refractivity (Wildman–Crippen MR) is 98.1 cm³/mol. The number of amides is 1. The lowest BCUT2D eigenvalue weighted by atomic mass is 9.81. The maximum atomic E-state index is 12.1. The van der Waals surface area contributed by atoms with Crippen LogP contribution in [0.1, 0.15) is 38.5 Å². The van der Waals surface area contributed by atoms with Gasteiger partial charge in [-0.1, -0.05) is 37.3 Å². The van der Waals surface area contributed by atoms with Crippen LogP contribution in [0.5, 0.6) is 0 Å². The van der Waals surface area contributed by atoms with E-state index in [1.54, 1.807) is 6.20 Å². The molecule has 2 aromatic rings. The molecule has 0 bridgehead atoms. The first-order valence-corrected chi connectivity index (χ1v) is 9.12. The first kappa shape index (κ1) is 17.7. The van der Waals surface area contributed by atoms with Crippen LogP contribution in [0.4, 0.5) is 0 Å². The molecule has 1 aromatic heterocycles. The molecule has 1 aliphatic heterocycles. The van der Waals surface area contributed by atoms with Crippen LogP contribution in [0.3, 0.4) is 0 Å². The molecule has 1 saturated heterocycles. The number of aromatic nitrogens is 1. The second kappa shape index (κ2) is 8.30. The van der Waals surface area contributed by atoms with Gasteiger partial charge in [-0.15, -0.1) is 0 Å². The summed E-state index contributed by atoms with van der Waals surface area (Å²) >= 11 is 0. The Balaban J connectivity index is 1.39. The van der Waals surface area contributed by atoms with Gasteiger partial charge in [-0.2, -0.15) is 0 Å². The van der Waals surface area contributed by atoms with Crippen molar-refractivity contribution < 1.29 is 9.21 Å². The van der Waals surface area contributed by atoms with Crippen molar-refractivity contribution in [1.82, 2.24) is 15.6 Å². The van der Waals surface area contributed by atoms with E-state index in [1.165, 1.54) is 0 Å². The second-order valence-electron chi connectivity index (χ2n) is 7.18. The first-order chi connectivity index (χ1) is 12.1. The summed E-state index contributed by atoms with van der Waals surface area (Å²) in [7, 11) is 0. The molecule has 25 heavy (non-hydrogen) atoms. The molecule has 2 heterocycles. The number of nitrogens with zero attached hydrogens (tertiary/aromatic N) is 1. The molecular weight excluding hydrogens is 314 g/mol. The van der Waals surface area contributed by atoms with Gasteiger partial charge in [0.05, 0.1) is 6.20 Å². The van der Waals surface area contributed by atoms with Crippen LogP contribution in [-0.4, -0.2) is 30.5 Å². The first-order valence-electron chi connectivity index (χ1n) is 9.12. The summed E-state index contributed by atoms with van der Waals surface area (Å²) in [6.07, 6.45) is 5.93. The van der Waals surface area contributed by atoms with E-state index in [2.05, 4.69) is 22.5 Å². The Bertz CT molecular complexity index is 675. The molecule has 0 atom stereocenters. The van der Waals surface area contributed by atoms with Crippen molar-refractivity contribution >= 4 is 5.91 Å². The van der Waals surface area contributed by atoms with E-state index < -0.39 is 0 Å². The molecule has 1 amide bonds. The van der Waals surface area contributed by atoms with Crippen molar-refractivity contribution in [2.24, 2.45) is 5.41 Å². The Morgan fingerprint density at radius 2 is 2.04 bits per heavy atom. The van der Waals surface area contributed by atoms with Gasteiger partial charge in [-0.3, -0.25) is 4.79 Å². The number of carbonyl (C=O) groups is 1. The zero-order valence-corrected chi connectivity index (χ0v) is 14.9. The van der Waals surface area contributed by atoms with Crippen molar-refractivity contribution in [2.75, 3.05) is 19.6 Å². The van der Waals surface area contributed by atoms with Gasteiger partial charge < -0.3 is 15.1 Å². The molecule has 5 nitrogen and oxygen atoms in total. The van der Waals surface area contributed by atoms with Crippen molar-refractivity contribution in [2.45, 2.75) is 39.0 Å². The van der Waals surface area contributed by atoms with Gasteiger partial charge in [0.25, 0.3) is 0 Å². The fourth-order valence-corrected chi connectivity index (χ4v) is 3.17. The SMILES string of the molecule is CC1(CNC(=O)CCCc2ncc(-c3ccccc3)o2)CCNCC1. The van der Waals surface area contributed by atoms with Crippen molar-refractivity contribution in [3.8, 4) is 11.3 Å². The highest BCUT2D eigenvalue weighted by Gasteiger charge is 2.26. The number of aryl methyl sites for hydroxylation is 1. The molecule has 0 spiro atoms. The molecule has 0 radical (unpaired) electrons. The number of nitrogens with one attached hydrogen (secondary N) is 2.